The van der Waals surface area contributed by atoms with Gasteiger partial charge in [0.15, 0.2) is 0 Å². The van der Waals surface area contributed by atoms with Gasteiger partial charge in [-0.1, -0.05) is 42.5 Å². The van der Waals surface area contributed by atoms with Crippen molar-refractivity contribution >= 4 is 28.7 Å². The molecule has 142 valence electrons. The van der Waals surface area contributed by atoms with Crippen molar-refractivity contribution in [2.45, 2.75) is 18.5 Å². The molecule has 0 bridgehead atoms. The average Bonchev–Trinajstić information content (AvgIpc) is 3.01. The number of benzene rings is 2. The Morgan fingerprint density at radius 3 is 2.52 bits per heavy atom. The first-order valence-electron chi connectivity index (χ1n) is 8.36. The fourth-order valence-electron chi connectivity index (χ4n) is 2.68. The summed E-state index contributed by atoms with van der Waals surface area (Å²) in [5.41, 5.74) is 1.70. The van der Waals surface area contributed by atoms with Crippen molar-refractivity contribution in [3.63, 3.8) is 0 Å². The fourth-order valence-corrected chi connectivity index (χ4v) is 3.50. The molecule has 0 fully saturated rings. The number of amides is 1. The zero-order valence-corrected chi connectivity index (χ0v) is 15.2. The molecule has 1 aromatic heterocycles. The summed E-state index contributed by atoms with van der Waals surface area (Å²) in [6.07, 6.45) is -4.62. The summed E-state index contributed by atoms with van der Waals surface area (Å²) in [6.45, 7) is -0.0248. The molecule has 0 aliphatic rings. The largest absolute Gasteiger partial charge is 0.449 e. The Morgan fingerprint density at radius 1 is 1.07 bits per heavy atom. The van der Waals surface area contributed by atoms with Crippen LogP contribution < -0.4 is 5.32 Å². The number of carbonyl (C=O) groups is 1. The maximum Gasteiger partial charge on any atom is 0.449 e. The number of aromatic nitrogens is 2. The first-order chi connectivity index (χ1) is 12.9. The maximum atomic E-state index is 13.2. The van der Waals surface area contributed by atoms with Gasteiger partial charge in [0.1, 0.15) is 6.54 Å². The first kappa shape index (κ1) is 19.3. The van der Waals surface area contributed by atoms with E-state index in [0.29, 0.717) is 17.8 Å². The van der Waals surface area contributed by atoms with E-state index in [9.17, 15) is 18.0 Å². The Morgan fingerprint density at radius 2 is 1.78 bits per heavy atom. The average molecular weight is 393 g/mol. The lowest BCUT2D eigenvalue weighted by Crippen LogP contribution is -2.31. The predicted molar refractivity (Wildman–Crippen MR) is 100 cm³/mol. The number of fused-ring (bicyclic) bond motifs is 1. The number of para-hydroxylation sites is 2. The van der Waals surface area contributed by atoms with Crippen LogP contribution in [0, 0.1) is 0 Å². The zero-order valence-electron chi connectivity index (χ0n) is 14.4. The van der Waals surface area contributed by atoms with Crippen LogP contribution in [0.5, 0.6) is 0 Å². The fraction of sp³-hybridized carbons (Fsp3) is 0.263. The predicted octanol–water partition coefficient (Wildman–Crippen LogP) is 4.10. The van der Waals surface area contributed by atoms with Gasteiger partial charge >= 0.3 is 6.18 Å². The van der Waals surface area contributed by atoms with Crippen LogP contribution in [0.1, 0.15) is 11.4 Å². The minimum atomic E-state index is -4.62. The van der Waals surface area contributed by atoms with Crippen molar-refractivity contribution in [1.82, 2.24) is 14.9 Å². The van der Waals surface area contributed by atoms with E-state index in [1.807, 2.05) is 30.3 Å². The SMILES string of the molecule is O=C(Cn1c(C(F)(F)F)nc2ccccc21)NCCSCc1ccccc1. The number of carbonyl (C=O) groups excluding carboxylic acids is 1. The highest BCUT2D eigenvalue weighted by atomic mass is 32.2. The molecule has 0 spiro atoms. The van der Waals surface area contributed by atoms with Gasteiger partial charge < -0.3 is 9.88 Å². The number of nitrogens with zero attached hydrogens (tertiary/aromatic N) is 2. The molecule has 2 aromatic carbocycles. The second-order valence-electron chi connectivity index (χ2n) is 5.90. The van der Waals surface area contributed by atoms with Crippen LogP contribution in [0.2, 0.25) is 0 Å². The van der Waals surface area contributed by atoms with Gasteiger partial charge in [-0.15, -0.1) is 0 Å². The van der Waals surface area contributed by atoms with E-state index >= 15 is 0 Å². The van der Waals surface area contributed by atoms with Gasteiger partial charge in [0.25, 0.3) is 0 Å². The summed E-state index contributed by atoms with van der Waals surface area (Å²) in [7, 11) is 0. The molecule has 0 aliphatic carbocycles. The third-order valence-electron chi connectivity index (χ3n) is 3.89. The van der Waals surface area contributed by atoms with E-state index in [1.54, 1.807) is 23.9 Å². The highest BCUT2D eigenvalue weighted by Crippen LogP contribution is 2.31. The van der Waals surface area contributed by atoms with Crippen LogP contribution in [0.3, 0.4) is 0 Å². The van der Waals surface area contributed by atoms with Crippen molar-refractivity contribution < 1.29 is 18.0 Å². The van der Waals surface area contributed by atoms with Gasteiger partial charge in [0, 0.05) is 18.1 Å². The molecule has 27 heavy (non-hydrogen) atoms. The second kappa shape index (κ2) is 8.47. The smallest absolute Gasteiger partial charge is 0.354 e. The van der Waals surface area contributed by atoms with Crippen molar-refractivity contribution in [1.29, 1.82) is 0 Å². The number of imidazole rings is 1. The highest BCUT2D eigenvalue weighted by molar-refractivity contribution is 7.98. The Kier molecular flexibility index (Phi) is 6.05. The standard InChI is InChI=1S/C19H18F3N3OS/c20-19(21,22)18-24-15-8-4-5-9-16(15)25(18)12-17(26)23-10-11-27-13-14-6-2-1-3-7-14/h1-9H,10-13H2,(H,23,26). The summed E-state index contributed by atoms with van der Waals surface area (Å²) in [5.74, 6) is -0.0281. The third-order valence-corrected chi connectivity index (χ3v) is 4.92. The number of hydrogen-bond acceptors (Lipinski definition) is 3. The summed E-state index contributed by atoms with van der Waals surface area (Å²) in [5, 5.41) is 2.67. The summed E-state index contributed by atoms with van der Waals surface area (Å²) < 4.78 is 40.6. The molecule has 0 saturated carbocycles. The monoisotopic (exact) mass is 393 g/mol. The number of alkyl halides is 3. The molecule has 0 atom stereocenters. The van der Waals surface area contributed by atoms with Crippen molar-refractivity contribution in [3.8, 4) is 0 Å². The van der Waals surface area contributed by atoms with Crippen LogP contribution in [-0.4, -0.2) is 27.8 Å². The molecule has 0 aliphatic heterocycles. The normalized spacial score (nSPS) is 11.7. The van der Waals surface area contributed by atoms with Crippen molar-refractivity contribution in [2.75, 3.05) is 12.3 Å². The zero-order chi connectivity index (χ0) is 19.3. The number of nitrogens with one attached hydrogen (secondary N) is 1. The molecule has 0 saturated heterocycles. The van der Waals surface area contributed by atoms with Crippen LogP contribution in [0.15, 0.2) is 54.6 Å². The van der Waals surface area contributed by atoms with E-state index in [1.165, 1.54) is 17.7 Å². The number of halogens is 3. The maximum absolute atomic E-state index is 13.2. The minimum absolute atomic E-state index is 0.219. The summed E-state index contributed by atoms with van der Waals surface area (Å²) in [4.78, 5) is 15.8. The van der Waals surface area contributed by atoms with Crippen molar-refractivity contribution in [3.05, 3.63) is 66.0 Å². The first-order valence-corrected chi connectivity index (χ1v) is 9.51. The van der Waals surface area contributed by atoms with Crippen LogP contribution in [0.4, 0.5) is 13.2 Å². The van der Waals surface area contributed by atoms with E-state index < -0.39 is 24.5 Å². The Balaban J connectivity index is 1.56. The topological polar surface area (TPSA) is 46.9 Å². The molecule has 1 heterocycles. The highest BCUT2D eigenvalue weighted by Gasteiger charge is 2.37. The second-order valence-corrected chi connectivity index (χ2v) is 7.00. The molecule has 1 N–H and O–H groups in total. The molecular formula is C19H18F3N3OS. The van der Waals surface area contributed by atoms with E-state index in [2.05, 4.69) is 10.3 Å². The van der Waals surface area contributed by atoms with Gasteiger partial charge in [-0.3, -0.25) is 4.79 Å². The quantitative estimate of drug-likeness (QED) is 0.615. The number of hydrogen-bond donors (Lipinski definition) is 1. The van der Waals surface area contributed by atoms with Crippen molar-refractivity contribution in [2.24, 2.45) is 0 Å². The third kappa shape index (κ3) is 5.03. The van der Waals surface area contributed by atoms with E-state index in [0.717, 1.165) is 10.3 Å². The van der Waals surface area contributed by atoms with Gasteiger partial charge in [0.05, 0.1) is 11.0 Å². The van der Waals surface area contributed by atoms with Crippen LogP contribution in [-0.2, 0) is 23.3 Å². The van der Waals surface area contributed by atoms with E-state index in [4.69, 9.17) is 0 Å². The molecule has 0 radical (unpaired) electrons. The molecule has 1 amide bonds. The summed E-state index contributed by atoms with van der Waals surface area (Å²) >= 11 is 1.65. The van der Waals surface area contributed by atoms with Gasteiger partial charge in [-0.2, -0.15) is 24.9 Å². The molecular weight excluding hydrogens is 375 g/mol. The van der Waals surface area contributed by atoms with Crippen LogP contribution in [0.25, 0.3) is 11.0 Å². The molecule has 0 unspecified atom stereocenters. The lowest BCUT2D eigenvalue weighted by atomic mass is 10.2. The summed E-state index contributed by atoms with van der Waals surface area (Å²) in [6, 6.07) is 16.2. The van der Waals surface area contributed by atoms with Gasteiger partial charge in [-0.25, -0.2) is 4.98 Å². The number of rotatable bonds is 7. The molecule has 3 rings (SSSR count). The van der Waals surface area contributed by atoms with Gasteiger partial charge in [-0.05, 0) is 17.7 Å². The molecule has 4 nitrogen and oxygen atoms in total. The Labute approximate surface area is 158 Å². The molecule has 3 aromatic rings. The lowest BCUT2D eigenvalue weighted by Gasteiger charge is -2.11. The molecule has 8 heteroatoms. The van der Waals surface area contributed by atoms with Gasteiger partial charge in [0.2, 0.25) is 11.7 Å². The lowest BCUT2D eigenvalue weighted by molar-refractivity contribution is -0.147. The number of thioether (sulfide) groups is 1. The van der Waals surface area contributed by atoms with E-state index in [-0.39, 0.29) is 5.52 Å². The minimum Gasteiger partial charge on any atom is -0.354 e. The Bertz CT molecular complexity index is 909. The van der Waals surface area contributed by atoms with Crippen LogP contribution >= 0.6 is 11.8 Å². The Hall–Kier alpha value is -2.48.